The zero-order valence-electron chi connectivity index (χ0n) is 9.51. The van der Waals surface area contributed by atoms with Crippen LogP contribution in [0.15, 0.2) is 0 Å². The maximum atomic E-state index is 11.2. The van der Waals surface area contributed by atoms with Crippen LogP contribution < -0.4 is 10.8 Å². The van der Waals surface area contributed by atoms with Crippen molar-refractivity contribution in [3.8, 4) is 0 Å². The Morgan fingerprint density at radius 3 is 2.43 bits per heavy atom. The topological polar surface area (TPSA) is 59.6 Å². The summed E-state index contributed by atoms with van der Waals surface area (Å²) in [4.78, 5) is 15.9. The Kier molecular flexibility index (Phi) is 5.49. The molecule has 0 aromatic heterocycles. The van der Waals surface area contributed by atoms with Gasteiger partial charge in [0.05, 0.1) is 7.11 Å². The van der Waals surface area contributed by atoms with Gasteiger partial charge in [-0.25, -0.2) is 4.79 Å². The summed E-state index contributed by atoms with van der Waals surface area (Å²) >= 11 is 0. The first-order chi connectivity index (χ1) is 6.35. The summed E-state index contributed by atoms with van der Waals surface area (Å²) in [7, 11) is 1.53. The van der Waals surface area contributed by atoms with Gasteiger partial charge in [-0.15, -0.1) is 0 Å². The van der Waals surface area contributed by atoms with Gasteiger partial charge in [0, 0.05) is 12.6 Å². The third-order valence-electron chi connectivity index (χ3n) is 1.27. The molecule has 0 spiro atoms. The number of alkyl carbamates (subject to hydrolysis) is 1. The smallest absolute Gasteiger partial charge is 0.407 e. The Morgan fingerprint density at radius 2 is 2.00 bits per heavy atom. The number of hydrogen-bond donors (Lipinski definition) is 2. The van der Waals surface area contributed by atoms with E-state index >= 15 is 0 Å². The van der Waals surface area contributed by atoms with Gasteiger partial charge in [-0.2, -0.15) is 5.48 Å². The minimum Gasteiger partial charge on any atom is -0.444 e. The number of nitrogens with one attached hydrogen (secondary N) is 2. The van der Waals surface area contributed by atoms with Crippen molar-refractivity contribution in [1.29, 1.82) is 0 Å². The number of ether oxygens (including phenoxy) is 1. The molecule has 0 fully saturated rings. The van der Waals surface area contributed by atoms with Crippen LogP contribution in [0.3, 0.4) is 0 Å². The van der Waals surface area contributed by atoms with Crippen LogP contribution >= 0.6 is 0 Å². The van der Waals surface area contributed by atoms with Crippen LogP contribution in [0.2, 0.25) is 0 Å². The Hall–Kier alpha value is -0.810. The Labute approximate surface area is 85.1 Å². The highest BCUT2D eigenvalue weighted by Crippen LogP contribution is 2.06. The van der Waals surface area contributed by atoms with E-state index in [0.717, 1.165) is 0 Å². The van der Waals surface area contributed by atoms with Crippen LogP contribution in [-0.4, -0.2) is 31.4 Å². The number of amides is 1. The molecule has 2 N–H and O–H groups in total. The fourth-order valence-corrected chi connectivity index (χ4v) is 0.793. The summed E-state index contributed by atoms with van der Waals surface area (Å²) in [6, 6.07) is 0.0486. The van der Waals surface area contributed by atoms with E-state index < -0.39 is 11.7 Å². The first kappa shape index (κ1) is 13.2. The molecule has 0 aliphatic rings. The molecule has 1 amide bonds. The van der Waals surface area contributed by atoms with E-state index in [-0.39, 0.29) is 6.04 Å². The number of hydrogen-bond acceptors (Lipinski definition) is 4. The van der Waals surface area contributed by atoms with E-state index in [2.05, 4.69) is 10.8 Å². The maximum Gasteiger partial charge on any atom is 0.407 e. The first-order valence-corrected chi connectivity index (χ1v) is 4.60. The highest BCUT2D eigenvalue weighted by Gasteiger charge is 2.16. The van der Waals surface area contributed by atoms with E-state index in [0.29, 0.717) is 6.54 Å². The minimum atomic E-state index is -0.456. The van der Waals surface area contributed by atoms with Gasteiger partial charge in [-0.3, -0.25) is 0 Å². The van der Waals surface area contributed by atoms with E-state index in [4.69, 9.17) is 9.57 Å². The van der Waals surface area contributed by atoms with Gasteiger partial charge in [0.15, 0.2) is 0 Å². The van der Waals surface area contributed by atoms with Crippen molar-refractivity contribution in [1.82, 2.24) is 10.8 Å². The van der Waals surface area contributed by atoms with E-state index in [1.54, 1.807) is 0 Å². The number of rotatable bonds is 4. The van der Waals surface area contributed by atoms with Gasteiger partial charge in [-0.1, -0.05) is 0 Å². The van der Waals surface area contributed by atoms with Crippen molar-refractivity contribution in [2.24, 2.45) is 0 Å². The van der Waals surface area contributed by atoms with Crippen LogP contribution in [0.1, 0.15) is 27.7 Å². The quantitative estimate of drug-likeness (QED) is 0.672. The largest absolute Gasteiger partial charge is 0.444 e. The molecule has 1 unspecified atom stereocenters. The second kappa shape index (κ2) is 5.82. The zero-order valence-corrected chi connectivity index (χ0v) is 9.51. The van der Waals surface area contributed by atoms with Gasteiger partial charge in [0.25, 0.3) is 0 Å². The van der Waals surface area contributed by atoms with Crippen LogP contribution in [0.4, 0.5) is 4.79 Å². The zero-order chi connectivity index (χ0) is 11.2. The lowest BCUT2D eigenvalue weighted by Crippen LogP contribution is -2.40. The monoisotopic (exact) mass is 204 g/mol. The average Bonchev–Trinajstić information content (AvgIpc) is 1.98. The second-order valence-electron chi connectivity index (χ2n) is 4.11. The van der Waals surface area contributed by atoms with Crippen LogP contribution in [0.5, 0.6) is 0 Å². The summed E-state index contributed by atoms with van der Waals surface area (Å²) < 4.78 is 5.05. The van der Waals surface area contributed by atoms with Gasteiger partial charge < -0.3 is 14.9 Å². The molecule has 1 atom stereocenters. The summed E-state index contributed by atoms with van der Waals surface area (Å²) in [5.41, 5.74) is 2.24. The molecule has 0 aliphatic carbocycles. The lowest BCUT2D eigenvalue weighted by Gasteiger charge is -2.20. The molecule has 0 heterocycles. The van der Waals surface area contributed by atoms with Crippen molar-refractivity contribution in [3.05, 3.63) is 0 Å². The van der Waals surface area contributed by atoms with Gasteiger partial charge in [0.2, 0.25) is 0 Å². The van der Waals surface area contributed by atoms with Crippen molar-refractivity contribution in [2.45, 2.75) is 39.3 Å². The molecule has 0 aromatic carbocycles. The molecule has 0 radical (unpaired) electrons. The molecular formula is C9H20N2O3. The normalized spacial score (nSPS) is 13.5. The Bertz CT molecular complexity index is 177. The van der Waals surface area contributed by atoms with E-state index in [9.17, 15) is 4.79 Å². The van der Waals surface area contributed by atoms with Crippen molar-refractivity contribution >= 4 is 6.09 Å². The average molecular weight is 204 g/mol. The molecule has 0 rings (SSSR count). The van der Waals surface area contributed by atoms with Crippen LogP contribution in [0.25, 0.3) is 0 Å². The van der Waals surface area contributed by atoms with E-state index in [1.807, 2.05) is 27.7 Å². The summed E-state index contributed by atoms with van der Waals surface area (Å²) in [5, 5.41) is 2.62. The molecule has 0 saturated heterocycles. The lowest BCUT2D eigenvalue weighted by atomic mass is 10.2. The highest BCUT2D eigenvalue weighted by molar-refractivity contribution is 5.67. The first-order valence-electron chi connectivity index (χ1n) is 4.60. The third-order valence-corrected chi connectivity index (χ3v) is 1.27. The predicted molar refractivity (Wildman–Crippen MR) is 53.8 cm³/mol. The van der Waals surface area contributed by atoms with Gasteiger partial charge in [0.1, 0.15) is 5.60 Å². The van der Waals surface area contributed by atoms with E-state index in [1.165, 1.54) is 7.11 Å². The molecule has 84 valence electrons. The molecular weight excluding hydrogens is 184 g/mol. The summed E-state index contributed by atoms with van der Waals surface area (Å²) in [6.07, 6.45) is -0.415. The molecule has 14 heavy (non-hydrogen) atoms. The van der Waals surface area contributed by atoms with Crippen LogP contribution in [0, 0.1) is 0 Å². The maximum absolute atomic E-state index is 11.2. The van der Waals surface area contributed by atoms with Crippen molar-refractivity contribution in [3.63, 3.8) is 0 Å². The molecule has 0 bridgehead atoms. The number of hydroxylamine groups is 1. The summed E-state index contributed by atoms with van der Waals surface area (Å²) in [5.74, 6) is 0. The predicted octanol–water partition coefficient (Wildman–Crippen LogP) is 1.05. The Morgan fingerprint density at radius 1 is 1.43 bits per heavy atom. The second-order valence-corrected chi connectivity index (χ2v) is 4.11. The summed E-state index contributed by atoms with van der Waals surface area (Å²) in [6.45, 7) is 7.82. The molecule has 0 saturated carbocycles. The van der Waals surface area contributed by atoms with Gasteiger partial charge >= 0.3 is 6.09 Å². The highest BCUT2D eigenvalue weighted by atomic mass is 16.6. The molecule has 5 nitrogen and oxygen atoms in total. The molecule has 0 aliphatic heterocycles. The molecule has 0 aromatic rings. The molecule has 5 heteroatoms. The lowest BCUT2D eigenvalue weighted by molar-refractivity contribution is 0.0456. The minimum absolute atomic E-state index is 0.0486. The van der Waals surface area contributed by atoms with Crippen LogP contribution in [-0.2, 0) is 9.57 Å². The Balaban J connectivity index is 3.64. The van der Waals surface area contributed by atoms with Gasteiger partial charge in [-0.05, 0) is 27.7 Å². The van der Waals surface area contributed by atoms with Crippen molar-refractivity contribution < 1.29 is 14.4 Å². The number of carbonyl (C=O) groups excluding carboxylic acids is 1. The third kappa shape index (κ3) is 7.82. The SMILES string of the molecule is CONC(C)CNC(=O)OC(C)(C)C. The fraction of sp³-hybridized carbons (Fsp3) is 0.889. The number of carbonyl (C=O) groups is 1. The van der Waals surface area contributed by atoms with Crippen molar-refractivity contribution in [2.75, 3.05) is 13.7 Å². The fourth-order valence-electron chi connectivity index (χ4n) is 0.793. The standard InChI is InChI=1S/C9H20N2O3/c1-7(11-13-5)6-10-8(12)14-9(2,3)4/h7,11H,6H2,1-5H3,(H,10,12).